The zero-order valence-electron chi connectivity index (χ0n) is 11.6. The third-order valence-electron chi connectivity index (χ3n) is 3.79. The molecule has 0 aromatic heterocycles. The lowest BCUT2D eigenvalue weighted by molar-refractivity contribution is -0.385. The largest absolute Gasteiger partial charge is 0.315 e. The van der Waals surface area contributed by atoms with Crippen LogP contribution < -0.4 is 5.32 Å². The Morgan fingerprint density at radius 1 is 1.55 bits per heavy atom. The van der Waals surface area contributed by atoms with Crippen LogP contribution in [-0.2, 0) is 6.54 Å². The number of likely N-dealkylation sites (N-methyl/N-ethyl adjacent to an activating group) is 1. The molecule has 1 fully saturated rings. The van der Waals surface area contributed by atoms with Crippen LogP contribution in [0.15, 0.2) is 22.7 Å². The maximum Gasteiger partial charge on any atom is 0.283 e. The molecule has 0 spiro atoms. The highest BCUT2D eigenvalue weighted by molar-refractivity contribution is 9.10. The summed E-state index contributed by atoms with van der Waals surface area (Å²) in [6, 6.07) is 5.91. The molecule has 1 atom stereocenters. The summed E-state index contributed by atoms with van der Waals surface area (Å²) in [5.41, 5.74) is 1.13. The Balaban J connectivity index is 2.10. The predicted octanol–water partition coefficient (Wildman–Crippen LogP) is 2.93. The van der Waals surface area contributed by atoms with Gasteiger partial charge in [0.15, 0.2) is 0 Å². The second-order valence-electron chi connectivity index (χ2n) is 5.11. The van der Waals surface area contributed by atoms with E-state index < -0.39 is 0 Å². The van der Waals surface area contributed by atoms with Crippen molar-refractivity contribution >= 4 is 21.6 Å². The molecule has 1 heterocycles. The van der Waals surface area contributed by atoms with Gasteiger partial charge in [0.05, 0.1) is 9.40 Å². The Labute approximate surface area is 127 Å². The minimum absolute atomic E-state index is 0.139. The zero-order chi connectivity index (χ0) is 14.5. The number of benzene rings is 1. The quantitative estimate of drug-likeness (QED) is 0.660. The maximum absolute atomic E-state index is 11.0. The van der Waals surface area contributed by atoms with E-state index in [4.69, 9.17) is 0 Å². The fourth-order valence-electron chi connectivity index (χ4n) is 2.68. The Hall–Kier alpha value is -0.980. The summed E-state index contributed by atoms with van der Waals surface area (Å²) in [6.07, 6.45) is 2.39. The average Bonchev–Trinajstić information content (AvgIpc) is 2.47. The summed E-state index contributed by atoms with van der Waals surface area (Å²) < 4.78 is 0.536. The van der Waals surface area contributed by atoms with Crippen molar-refractivity contribution in [2.45, 2.75) is 32.4 Å². The zero-order valence-corrected chi connectivity index (χ0v) is 13.2. The molecular weight excluding hydrogens is 322 g/mol. The summed E-state index contributed by atoms with van der Waals surface area (Å²) in [6.45, 7) is 5.96. The molecule has 0 saturated carbocycles. The summed E-state index contributed by atoms with van der Waals surface area (Å²) in [5.74, 6) is 0. The first kappa shape index (κ1) is 15.4. The minimum atomic E-state index is -0.341. The molecule has 1 saturated heterocycles. The molecule has 20 heavy (non-hydrogen) atoms. The molecule has 1 aromatic carbocycles. The number of piperidine rings is 1. The number of nitrogens with zero attached hydrogens (tertiary/aromatic N) is 2. The van der Waals surface area contributed by atoms with Gasteiger partial charge in [0.2, 0.25) is 0 Å². The molecule has 110 valence electrons. The third-order valence-corrected chi connectivity index (χ3v) is 4.46. The van der Waals surface area contributed by atoms with E-state index in [1.807, 2.05) is 6.07 Å². The highest BCUT2D eigenvalue weighted by Crippen LogP contribution is 2.26. The average molecular weight is 342 g/mol. The van der Waals surface area contributed by atoms with Gasteiger partial charge in [-0.3, -0.25) is 15.0 Å². The van der Waals surface area contributed by atoms with E-state index in [0.29, 0.717) is 10.5 Å². The van der Waals surface area contributed by atoms with E-state index >= 15 is 0 Å². The third kappa shape index (κ3) is 3.77. The fraction of sp³-hybridized carbons (Fsp3) is 0.571. The smallest absolute Gasteiger partial charge is 0.283 e. The summed E-state index contributed by atoms with van der Waals surface area (Å²) in [5, 5.41) is 14.4. The molecule has 0 amide bonds. The van der Waals surface area contributed by atoms with Gasteiger partial charge in [0.1, 0.15) is 0 Å². The van der Waals surface area contributed by atoms with Gasteiger partial charge >= 0.3 is 0 Å². The number of nitrogens with one attached hydrogen (secondary N) is 1. The first-order chi connectivity index (χ1) is 9.61. The second kappa shape index (κ2) is 7.15. The van der Waals surface area contributed by atoms with Gasteiger partial charge in [-0.15, -0.1) is 0 Å². The van der Waals surface area contributed by atoms with Crippen molar-refractivity contribution in [2.75, 3.05) is 19.6 Å². The van der Waals surface area contributed by atoms with Gasteiger partial charge in [-0.1, -0.05) is 13.0 Å². The van der Waals surface area contributed by atoms with Gasteiger partial charge in [0.25, 0.3) is 5.69 Å². The summed E-state index contributed by atoms with van der Waals surface area (Å²) in [4.78, 5) is 13.0. The minimum Gasteiger partial charge on any atom is -0.315 e. The maximum atomic E-state index is 11.0. The molecular formula is C14H20BrN3O2. The monoisotopic (exact) mass is 341 g/mol. The Morgan fingerprint density at radius 3 is 2.95 bits per heavy atom. The van der Waals surface area contributed by atoms with Crippen molar-refractivity contribution in [2.24, 2.45) is 0 Å². The van der Waals surface area contributed by atoms with Crippen molar-refractivity contribution in [3.05, 3.63) is 38.3 Å². The van der Waals surface area contributed by atoms with E-state index in [2.05, 4.69) is 33.1 Å². The highest BCUT2D eigenvalue weighted by Gasteiger charge is 2.21. The van der Waals surface area contributed by atoms with E-state index in [-0.39, 0.29) is 10.6 Å². The normalized spacial score (nSPS) is 19.2. The summed E-state index contributed by atoms with van der Waals surface area (Å²) >= 11 is 3.23. The van der Waals surface area contributed by atoms with Gasteiger partial charge in [-0.05, 0) is 53.5 Å². The Bertz CT molecular complexity index is 475. The number of nitro benzene ring substituents is 1. The molecule has 1 aliphatic heterocycles. The predicted molar refractivity (Wildman–Crippen MR) is 82.8 cm³/mol. The lowest BCUT2D eigenvalue weighted by Crippen LogP contribution is -2.45. The molecule has 2 rings (SSSR count). The van der Waals surface area contributed by atoms with Crippen molar-refractivity contribution in [1.29, 1.82) is 0 Å². The van der Waals surface area contributed by atoms with Gasteiger partial charge in [0, 0.05) is 25.2 Å². The molecule has 0 aliphatic carbocycles. The molecule has 1 aliphatic rings. The van der Waals surface area contributed by atoms with Crippen LogP contribution in [0.25, 0.3) is 0 Å². The van der Waals surface area contributed by atoms with Gasteiger partial charge in [-0.25, -0.2) is 0 Å². The lowest BCUT2D eigenvalue weighted by Gasteiger charge is -2.33. The number of hydrogen-bond acceptors (Lipinski definition) is 4. The van der Waals surface area contributed by atoms with E-state index in [1.165, 1.54) is 12.8 Å². The number of rotatable bonds is 5. The first-order valence-electron chi connectivity index (χ1n) is 6.99. The highest BCUT2D eigenvalue weighted by atomic mass is 79.9. The SMILES string of the molecule is CCN(Cc1ccc(Br)c([N+](=O)[O-])c1)C1CCCNC1. The molecule has 5 nitrogen and oxygen atoms in total. The van der Waals surface area contributed by atoms with Crippen LogP contribution in [0.3, 0.4) is 0 Å². The Kier molecular flexibility index (Phi) is 5.51. The topological polar surface area (TPSA) is 58.4 Å². The van der Waals surface area contributed by atoms with E-state index in [9.17, 15) is 10.1 Å². The number of nitro groups is 1. The van der Waals surface area contributed by atoms with E-state index in [0.717, 1.165) is 31.7 Å². The van der Waals surface area contributed by atoms with Crippen molar-refractivity contribution in [3.8, 4) is 0 Å². The molecule has 1 unspecified atom stereocenters. The van der Waals surface area contributed by atoms with Crippen LogP contribution in [0, 0.1) is 10.1 Å². The van der Waals surface area contributed by atoms with Gasteiger partial charge < -0.3 is 5.32 Å². The fourth-order valence-corrected chi connectivity index (χ4v) is 3.07. The Morgan fingerprint density at radius 2 is 2.35 bits per heavy atom. The van der Waals surface area contributed by atoms with Crippen molar-refractivity contribution in [3.63, 3.8) is 0 Å². The molecule has 1 N–H and O–H groups in total. The van der Waals surface area contributed by atoms with Crippen molar-refractivity contribution < 1.29 is 4.92 Å². The van der Waals surface area contributed by atoms with Crippen LogP contribution in [-0.4, -0.2) is 35.5 Å². The molecule has 6 heteroatoms. The van der Waals surface area contributed by atoms with Crippen LogP contribution in [0.4, 0.5) is 5.69 Å². The van der Waals surface area contributed by atoms with Crippen LogP contribution >= 0.6 is 15.9 Å². The van der Waals surface area contributed by atoms with Crippen LogP contribution in [0.1, 0.15) is 25.3 Å². The molecule has 0 bridgehead atoms. The standard InChI is InChI=1S/C14H20BrN3O2/c1-2-17(12-4-3-7-16-9-12)10-11-5-6-13(15)14(8-11)18(19)20/h5-6,8,12,16H,2-4,7,9-10H2,1H3. The van der Waals surface area contributed by atoms with Crippen LogP contribution in [0.2, 0.25) is 0 Å². The van der Waals surface area contributed by atoms with Gasteiger partial charge in [-0.2, -0.15) is 0 Å². The number of halogens is 1. The second-order valence-corrected chi connectivity index (χ2v) is 5.96. The van der Waals surface area contributed by atoms with E-state index in [1.54, 1.807) is 12.1 Å². The molecule has 0 radical (unpaired) electrons. The molecule has 1 aromatic rings. The first-order valence-corrected chi connectivity index (χ1v) is 7.78. The van der Waals surface area contributed by atoms with Crippen molar-refractivity contribution in [1.82, 2.24) is 10.2 Å². The summed E-state index contributed by atoms with van der Waals surface area (Å²) in [7, 11) is 0. The number of hydrogen-bond donors (Lipinski definition) is 1. The lowest BCUT2D eigenvalue weighted by atomic mass is 10.0. The van der Waals surface area contributed by atoms with Crippen LogP contribution in [0.5, 0.6) is 0 Å².